The molecule has 0 saturated heterocycles. The largest absolute Gasteiger partial charge is 0.493 e. The quantitative estimate of drug-likeness (QED) is 0.117. The Morgan fingerprint density at radius 3 is 1.22 bits per heavy atom. The van der Waals surface area contributed by atoms with Crippen molar-refractivity contribution in [2.24, 2.45) is 0 Å². The van der Waals surface area contributed by atoms with E-state index in [1.807, 2.05) is 6.07 Å². The van der Waals surface area contributed by atoms with Crippen LogP contribution in [0.2, 0.25) is 0 Å². The van der Waals surface area contributed by atoms with Crippen molar-refractivity contribution in [3.05, 3.63) is 121 Å². The number of ether oxygens (including phenoxy) is 3. The summed E-state index contributed by atoms with van der Waals surface area (Å²) >= 11 is 0. The Bertz CT molecular complexity index is 1810. The predicted molar refractivity (Wildman–Crippen MR) is 186 cm³/mol. The average molecular weight is 597 g/mol. The molecule has 5 heteroatoms. The zero-order chi connectivity index (χ0) is 30.4. The molecule has 228 valence electrons. The van der Waals surface area contributed by atoms with E-state index in [9.17, 15) is 0 Å². The highest BCUT2D eigenvalue weighted by atomic mass is 16.5. The number of aromatic nitrogens is 2. The number of nitrogens with zero attached hydrogens (tertiary/aromatic N) is 2. The zero-order valence-corrected chi connectivity index (χ0v) is 26.0. The Balaban J connectivity index is 0.930. The van der Waals surface area contributed by atoms with Crippen LogP contribution in [0.15, 0.2) is 115 Å². The third-order valence-corrected chi connectivity index (χ3v) is 8.70. The maximum Gasteiger partial charge on any atom is 0.123 e. The van der Waals surface area contributed by atoms with E-state index in [-0.39, 0.29) is 0 Å². The Morgan fingerprint density at radius 2 is 0.844 bits per heavy atom. The molecule has 45 heavy (non-hydrogen) atoms. The van der Waals surface area contributed by atoms with Gasteiger partial charge in [0, 0.05) is 69.9 Å². The molecule has 0 aliphatic carbocycles. The Labute approximate surface area is 264 Å². The van der Waals surface area contributed by atoms with Crippen LogP contribution in [-0.2, 0) is 24.4 Å². The van der Waals surface area contributed by atoms with Crippen LogP contribution in [0.25, 0.3) is 43.6 Å². The van der Waals surface area contributed by atoms with Gasteiger partial charge in [-0.25, -0.2) is 0 Å². The van der Waals surface area contributed by atoms with Gasteiger partial charge in [0.1, 0.15) is 11.5 Å². The number of aryl methyl sites for hydroxylation is 2. The van der Waals surface area contributed by atoms with Crippen molar-refractivity contribution in [1.82, 2.24) is 9.13 Å². The number of hydrogen-bond donors (Lipinski definition) is 0. The fraction of sp³-hybridized carbons (Fsp3) is 0.250. The van der Waals surface area contributed by atoms with Crippen LogP contribution in [0, 0.1) is 0 Å². The van der Waals surface area contributed by atoms with Crippen LogP contribution in [0.1, 0.15) is 31.2 Å². The third kappa shape index (κ3) is 6.13. The van der Waals surface area contributed by atoms with Gasteiger partial charge >= 0.3 is 0 Å². The first kappa shape index (κ1) is 29.0. The van der Waals surface area contributed by atoms with Crippen molar-refractivity contribution in [2.45, 2.75) is 45.4 Å². The first-order valence-electron chi connectivity index (χ1n) is 16.1. The molecule has 7 aromatic rings. The summed E-state index contributed by atoms with van der Waals surface area (Å²) in [5.74, 6) is 1.67. The number of unbranched alkanes of at least 4 members (excludes halogenated alkanes) is 2. The molecule has 0 amide bonds. The normalized spacial score (nSPS) is 11.7. The van der Waals surface area contributed by atoms with Crippen molar-refractivity contribution in [3.8, 4) is 11.5 Å². The van der Waals surface area contributed by atoms with Crippen LogP contribution >= 0.6 is 0 Å². The highest BCUT2D eigenvalue weighted by molar-refractivity contribution is 6.08. The molecule has 0 aliphatic heterocycles. The average Bonchev–Trinajstić information content (AvgIpc) is 3.57. The molecule has 0 saturated carbocycles. The zero-order valence-electron chi connectivity index (χ0n) is 26.0. The number of hydrogen-bond acceptors (Lipinski definition) is 3. The molecule has 5 aromatic carbocycles. The molecule has 0 atom stereocenters. The summed E-state index contributed by atoms with van der Waals surface area (Å²) in [5.41, 5.74) is 6.24. The van der Waals surface area contributed by atoms with Crippen LogP contribution in [0.3, 0.4) is 0 Å². The van der Waals surface area contributed by atoms with Gasteiger partial charge in [0.2, 0.25) is 0 Å². The van der Waals surface area contributed by atoms with Crippen LogP contribution < -0.4 is 9.47 Å². The van der Waals surface area contributed by atoms with E-state index in [1.54, 1.807) is 7.11 Å². The molecule has 5 nitrogen and oxygen atoms in total. The van der Waals surface area contributed by atoms with Gasteiger partial charge in [-0.3, -0.25) is 0 Å². The molecule has 0 bridgehead atoms. The molecule has 0 unspecified atom stereocenters. The van der Waals surface area contributed by atoms with Crippen LogP contribution in [0.4, 0.5) is 0 Å². The lowest BCUT2D eigenvalue weighted by Gasteiger charge is -2.13. The molecule has 0 spiro atoms. The summed E-state index contributed by atoms with van der Waals surface area (Å²) in [7, 11) is 1.72. The maximum atomic E-state index is 6.24. The summed E-state index contributed by atoms with van der Waals surface area (Å²) < 4.78 is 22.8. The minimum absolute atomic E-state index is 0.523. The fourth-order valence-electron chi connectivity index (χ4n) is 6.66. The number of benzene rings is 5. The lowest BCUT2D eigenvalue weighted by molar-refractivity contribution is 0.184. The van der Waals surface area contributed by atoms with Gasteiger partial charge in [0.15, 0.2) is 0 Å². The Morgan fingerprint density at radius 1 is 0.467 bits per heavy atom. The van der Waals surface area contributed by atoms with Gasteiger partial charge in [-0.1, -0.05) is 72.8 Å². The Hall–Kier alpha value is -4.74. The van der Waals surface area contributed by atoms with Crippen LogP contribution in [-0.4, -0.2) is 29.5 Å². The van der Waals surface area contributed by atoms with Crippen molar-refractivity contribution >= 4 is 43.6 Å². The van der Waals surface area contributed by atoms with Gasteiger partial charge in [-0.2, -0.15) is 0 Å². The topological polar surface area (TPSA) is 37.6 Å². The minimum atomic E-state index is 0.523. The van der Waals surface area contributed by atoms with E-state index in [0.29, 0.717) is 19.8 Å². The van der Waals surface area contributed by atoms with Gasteiger partial charge in [-0.05, 0) is 67.6 Å². The summed E-state index contributed by atoms with van der Waals surface area (Å²) in [4.78, 5) is 0. The van der Waals surface area contributed by atoms with Crippen molar-refractivity contribution in [2.75, 3.05) is 20.3 Å². The maximum absolute atomic E-state index is 6.24. The molecule has 2 heterocycles. The van der Waals surface area contributed by atoms with Crippen molar-refractivity contribution in [1.29, 1.82) is 0 Å². The van der Waals surface area contributed by atoms with E-state index >= 15 is 0 Å². The first-order chi connectivity index (χ1) is 22.3. The first-order valence-corrected chi connectivity index (χ1v) is 16.1. The lowest BCUT2D eigenvalue weighted by atomic mass is 10.2. The minimum Gasteiger partial charge on any atom is -0.493 e. The van der Waals surface area contributed by atoms with Crippen molar-refractivity contribution in [3.63, 3.8) is 0 Å². The van der Waals surface area contributed by atoms with E-state index < -0.39 is 0 Å². The molecule has 2 aromatic heterocycles. The van der Waals surface area contributed by atoms with Crippen molar-refractivity contribution < 1.29 is 14.2 Å². The number of rotatable bonds is 14. The monoisotopic (exact) mass is 596 g/mol. The standard InChI is InChI=1S/C40H40N2O3/c1-43-29-30-26-31(44-24-12-10-22-41-37-18-6-2-14-33(37)34-15-3-7-19-38(34)41)28-32(27-30)45-25-13-11-23-42-39-20-8-4-16-35(39)36-17-5-9-21-40(36)42/h2-9,14-21,26-28H,10-13,22-25,29H2,1H3. The highest BCUT2D eigenvalue weighted by Crippen LogP contribution is 2.31. The number of para-hydroxylation sites is 4. The van der Waals surface area contributed by atoms with E-state index in [4.69, 9.17) is 14.2 Å². The smallest absolute Gasteiger partial charge is 0.123 e. The molecule has 0 N–H and O–H groups in total. The molecule has 0 aliphatic rings. The lowest BCUT2D eigenvalue weighted by Crippen LogP contribution is -2.04. The third-order valence-electron chi connectivity index (χ3n) is 8.70. The van der Waals surface area contributed by atoms with E-state index in [1.165, 1.54) is 43.6 Å². The predicted octanol–water partition coefficient (Wildman–Crippen LogP) is 9.77. The van der Waals surface area contributed by atoms with E-state index in [0.717, 1.165) is 55.8 Å². The SMILES string of the molecule is COCc1cc(OCCCCn2c3ccccc3c3ccccc32)cc(OCCCCn2c3ccccc3c3ccccc32)c1. The summed E-state index contributed by atoms with van der Waals surface area (Å²) in [6.07, 6.45) is 4.01. The second-order valence-corrected chi connectivity index (χ2v) is 11.7. The second kappa shape index (κ2) is 13.5. The van der Waals surface area contributed by atoms with Crippen LogP contribution in [0.5, 0.6) is 11.5 Å². The molecule has 7 rings (SSSR count). The summed E-state index contributed by atoms with van der Waals surface area (Å²) in [6, 6.07) is 40.9. The number of methoxy groups -OCH3 is 1. The van der Waals surface area contributed by atoms with Gasteiger partial charge in [-0.15, -0.1) is 0 Å². The number of fused-ring (bicyclic) bond motifs is 6. The van der Waals surface area contributed by atoms with E-state index in [2.05, 4.69) is 118 Å². The Kier molecular flexibility index (Phi) is 8.70. The van der Waals surface area contributed by atoms with Gasteiger partial charge < -0.3 is 23.3 Å². The van der Waals surface area contributed by atoms with Gasteiger partial charge in [0.05, 0.1) is 19.8 Å². The highest BCUT2D eigenvalue weighted by Gasteiger charge is 2.11. The van der Waals surface area contributed by atoms with Gasteiger partial charge in [0.25, 0.3) is 0 Å². The molecular weight excluding hydrogens is 556 g/mol. The fourth-order valence-corrected chi connectivity index (χ4v) is 6.66. The molecular formula is C40H40N2O3. The molecule has 0 radical (unpaired) electrons. The summed E-state index contributed by atoms with van der Waals surface area (Å²) in [5, 5.41) is 5.27. The molecule has 0 fully saturated rings. The second-order valence-electron chi connectivity index (χ2n) is 11.7. The summed E-state index contributed by atoms with van der Waals surface area (Å²) in [6.45, 7) is 3.76.